The number of nitrogens with zero attached hydrogens (tertiary/aromatic N) is 3. The summed E-state index contributed by atoms with van der Waals surface area (Å²) >= 11 is 6.30. The molecule has 3 aromatic rings. The summed E-state index contributed by atoms with van der Waals surface area (Å²) in [6, 6.07) is 11.3. The van der Waals surface area contributed by atoms with Crippen molar-refractivity contribution in [2.24, 2.45) is 5.16 Å². The minimum atomic E-state index is -0.316. The number of hydrogen-bond acceptors (Lipinski definition) is 7. The molecular weight excluding hydrogens is 385 g/mol. The largest absolute Gasteiger partial charge is 0.487 e. The summed E-state index contributed by atoms with van der Waals surface area (Å²) in [4.78, 5) is 12.8. The zero-order chi connectivity index (χ0) is 19.9. The minimum Gasteiger partial charge on any atom is -0.487 e. The first-order chi connectivity index (χ1) is 13.6. The van der Waals surface area contributed by atoms with Gasteiger partial charge in [0.15, 0.2) is 0 Å². The summed E-state index contributed by atoms with van der Waals surface area (Å²) in [5.74, 6) is 0.848. The molecule has 3 N–H and O–H groups in total. The lowest BCUT2D eigenvalue weighted by atomic mass is 10.2. The Labute approximate surface area is 166 Å². The zero-order valence-corrected chi connectivity index (χ0v) is 15.7. The van der Waals surface area contributed by atoms with Crippen LogP contribution in [-0.2, 0) is 11.4 Å². The molecule has 0 saturated carbocycles. The average molecular weight is 402 g/mol. The molecule has 2 aromatic carbocycles. The number of nitrogen functional groups attached to an aromatic ring is 1. The summed E-state index contributed by atoms with van der Waals surface area (Å²) in [5, 5.41) is 7.19. The number of anilines is 3. The van der Waals surface area contributed by atoms with Crippen molar-refractivity contribution < 1.29 is 14.0 Å². The van der Waals surface area contributed by atoms with Gasteiger partial charge in [0.1, 0.15) is 43.2 Å². The first-order valence-electron chi connectivity index (χ1n) is 8.17. The van der Waals surface area contributed by atoms with E-state index in [1.165, 1.54) is 31.8 Å². The zero-order valence-electron chi connectivity index (χ0n) is 14.9. The van der Waals surface area contributed by atoms with Crippen LogP contribution in [0, 0.1) is 5.82 Å². The normalized spacial score (nSPS) is 10.8. The number of rotatable bonds is 7. The van der Waals surface area contributed by atoms with E-state index in [1.807, 2.05) is 0 Å². The number of halogens is 2. The summed E-state index contributed by atoms with van der Waals surface area (Å²) in [5.41, 5.74) is 7.71. The second-order valence-electron chi connectivity index (χ2n) is 5.63. The van der Waals surface area contributed by atoms with Crippen molar-refractivity contribution in [3.05, 3.63) is 70.8 Å². The Kier molecular flexibility index (Phi) is 6.23. The van der Waals surface area contributed by atoms with Crippen LogP contribution in [0.15, 0.2) is 53.9 Å². The standard InChI is InChI=1S/C19H17ClFN5O2/c1-27-25-9-15-18(22)23-11-24-19(15)26-14-5-6-17(16(20)8-14)28-10-12-3-2-4-13(21)7-12/h2-9,11H,10H2,1H3,(H3,22,23,24,26). The van der Waals surface area contributed by atoms with Gasteiger partial charge in [0.05, 0.1) is 16.8 Å². The molecule has 28 heavy (non-hydrogen) atoms. The number of ether oxygens (including phenoxy) is 1. The fraction of sp³-hybridized carbons (Fsp3) is 0.105. The van der Waals surface area contributed by atoms with Gasteiger partial charge in [-0.15, -0.1) is 0 Å². The Morgan fingerprint density at radius 2 is 2.11 bits per heavy atom. The van der Waals surface area contributed by atoms with E-state index in [1.54, 1.807) is 30.3 Å². The number of oxime groups is 1. The molecule has 0 unspecified atom stereocenters. The third-order valence-corrected chi connectivity index (χ3v) is 3.98. The molecule has 144 valence electrons. The van der Waals surface area contributed by atoms with Crippen LogP contribution in [-0.4, -0.2) is 23.3 Å². The van der Waals surface area contributed by atoms with Gasteiger partial charge in [0, 0.05) is 5.69 Å². The van der Waals surface area contributed by atoms with Crippen LogP contribution < -0.4 is 15.8 Å². The van der Waals surface area contributed by atoms with E-state index >= 15 is 0 Å². The Bertz CT molecular complexity index is 1000. The fourth-order valence-electron chi connectivity index (χ4n) is 2.36. The van der Waals surface area contributed by atoms with Gasteiger partial charge < -0.3 is 20.6 Å². The number of nitrogens with one attached hydrogen (secondary N) is 1. The lowest BCUT2D eigenvalue weighted by molar-refractivity contribution is 0.215. The first-order valence-corrected chi connectivity index (χ1v) is 8.55. The van der Waals surface area contributed by atoms with E-state index in [9.17, 15) is 4.39 Å². The van der Waals surface area contributed by atoms with E-state index < -0.39 is 0 Å². The van der Waals surface area contributed by atoms with Crippen LogP contribution in [0.1, 0.15) is 11.1 Å². The van der Waals surface area contributed by atoms with Crippen molar-refractivity contribution in [1.29, 1.82) is 0 Å². The molecule has 1 heterocycles. The maximum Gasteiger partial charge on any atom is 0.144 e. The van der Waals surface area contributed by atoms with Crippen LogP contribution >= 0.6 is 11.6 Å². The predicted octanol–water partition coefficient (Wildman–Crippen LogP) is 4.15. The molecule has 0 fully saturated rings. The summed E-state index contributed by atoms with van der Waals surface area (Å²) in [6.45, 7) is 0.199. The lowest BCUT2D eigenvalue weighted by Crippen LogP contribution is -2.05. The van der Waals surface area contributed by atoms with Crippen molar-refractivity contribution in [3.63, 3.8) is 0 Å². The lowest BCUT2D eigenvalue weighted by Gasteiger charge is -2.12. The van der Waals surface area contributed by atoms with Crippen LogP contribution in [0.2, 0.25) is 5.02 Å². The van der Waals surface area contributed by atoms with Crippen LogP contribution in [0.25, 0.3) is 0 Å². The smallest absolute Gasteiger partial charge is 0.144 e. The highest BCUT2D eigenvalue weighted by molar-refractivity contribution is 6.32. The first kappa shape index (κ1) is 19.4. The van der Waals surface area contributed by atoms with Gasteiger partial charge in [-0.1, -0.05) is 28.9 Å². The molecule has 1 aromatic heterocycles. The third kappa shape index (κ3) is 4.86. The Morgan fingerprint density at radius 3 is 2.86 bits per heavy atom. The van der Waals surface area contributed by atoms with Gasteiger partial charge in [-0.2, -0.15) is 0 Å². The fourth-order valence-corrected chi connectivity index (χ4v) is 2.60. The minimum absolute atomic E-state index is 0.199. The molecule has 3 rings (SSSR count). The predicted molar refractivity (Wildman–Crippen MR) is 107 cm³/mol. The number of nitrogens with two attached hydrogens (primary N) is 1. The second kappa shape index (κ2) is 9.01. The molecular formula is C19H17ClFN5O2. The van der Waals surface area contributed by atoms with E-state index in [4.69, 9.17) is 22.1 Å². The molecule has 9 heteroatoms. The molecule has 7 nitrogen and oxygen atoms in total. The van der Waals surface area contributed by atoms with Crippen molar-refractivity contribution in [2.45, 2.75) is 6.61 Å². The van der Waals surface area contributed by atoms with Crippen molar-refractivity contribution >= 4 is 35.1 Å². The van der Waals surface area contributed by atoms with Crippen molar-refractivity contribution in [2.75, 3.05) is 18.2 Å². The van der Waals surface area contributed by atoms with Gasteiger partial charge in [0.2, 0.25) is 0 Å². The van der Waals surface area contributed by atoms with Gasteiger partial charge in [-0.3, -0.25) is 0 Å². The van der Waals surface area contributed by atoms with E-state index in [0.717, 1.165) is 0 Å². The maximum atomic E-state index is 13.2. The monoisotopic (exact) mass is 401 g/mol. The Balaban J connectivity index is 1.74. The van der Waals surface area contributed by atoms with Gasteiger partial charge in [0.25, 0.3) is 0 Å². The highest BCUT2D eigenvalue weighted by Gasteiger charge is 2.10. The van der Waals surface area contributed by atoms with Crippen LogP contribution in [0.4, 0.5) is 21.7 Å². The van der Waals surface area contributed by atoms with Crippen molar-refractivity contribution in [3.8, 4) is 5.75 Å². The quantitative estimate of drug-likeness (QED) is 0.456. The Hall–Kier alpha value is -3.39. The molecule has 0 radical (unpaired) electrons. The summed E-state index contributed by atoms with van der Waals surface area (Å²) in [7, 11) is 1.42. The van der Waals surface area contributed by atoms with E-state index in [0.29, 0.717) is 33.4 Å². The highest BCUT2D eigenvalue weighted by atomic mass is 35.5. The number of hydrogen-bond donors (Lipinski definition) is 2. The third-order valence-electron chi connectivity index (χ3n) is 3.68. The van der Waals surface area contributed by atoms with Gasteiger partial charge in [-0.25, -0.2) is 14.4 Å². The Morgan fingerprint density at radius 1 is 1.25 bits per heavy atom. The summed E-state index contributed by atoms with van der Waals surface area (Å²) < 4.78 is 18.9. The number of benzene rings is 2. The van der Waals surface area contributed by atoms with Gasteiger partial charge in [-0.05, 0) is 35.9 Å². The van der Waals surface area contributed by atoms with Crippen molar-refractivity contribution in [1.82, 2.24) is 9.97 Å². The second-order valence-corrected chi connectivity index (χ2v) is 6.03. The molecule has 0 bridgehead atoms. The SMILES string of the molecule is CON=Cc1c(N)ncnc1Nc1ccc(OCc2cccc(F)c2)c(Cl)c1. The molecule has 0 amide bonds. The molecule has 0 spiro atoms. The molecule has 0 atom stereocenters. The van der Waals surface area contributed by atoms with Crippen LogP contribution in [0.5, 0.6) is 5.75 Å². The average Bonchev–Trinajstić information content (AvgIpc) is 2.67. The number of aromatic nitrogens is 2. The van der Waals surface area contributed by atoms with E-state index in [2.05, 4.69) is 25.3 Å². The topological polar surface area (TPSA) is 94.7 Å². The van der Waals surface area contributed by atoms with Crippen LogP contribution in [0.3, 0.4) is 0 Å². The summed E-state index contributed by atoms with van der Waals surface area (Å²) in [6.07, 6.45) is 2.75. The highest BCUT2D eigenvalue weighted by Crippen LogP contribution is 2.30. The molecule has 0 aliphatic carbocycles. The van der Waals surface area contributed by atoms with E-state index in [-0.39, 0.29) is 18.2 Å². The molecule has 0 aliphatic heterocycles. The van der Waals surface area contributed by atoms with Gasteiger partial charge >= 0.3 is 0 Å². The molecule has 0 aliphatic rings. The maximum absolute atomic E-state index is 13.2. The molecule has 0 saturated heterocycles.